The fourth-order valence-electron chi connectivity index (χ4n) is 3.97. The molecular formula is C25H22Cl2N2O6S. The smallest absolute Gasteiger partial charge is 0.338 e. The number of carbonyl (C=O) groups excluding carboxylic acids is 1. The molecule has 0 saturated carbocycles. The molecule has 1 aliphatic heterocycles. The Bertz CT molecular complexity index is 1570. The number of methoxy groups -OCH3 is 2. The number of aromatic nitrogens is 1. The molecule has 0 amide bonds. The van der Waals surface area contributed by atoms with Crippen LogP contribution in [-0.2, 0) is 9.53 Å². The highest BCUT2D eigenvalue weighted by atomic mass is 35.5. The molecule has 0 fully saturated rings. The monoisotopic (exact) mass is 548 g/mol. The summed E-state index contributed by atoms with van der Waals surface area (Å²) in [5.41, 5.74) is 1.03. The number of hydrogen-bond acceptors (Lipinski definition) is 8. The van der Waals surface area contributed by atoms with Crippen LogP contribution in [0.1, 0.15) is 31.0 Å². The zero-order valence-electron chi connectivity index (χ0n) is 19.8. The third-order valence-electron chi connectivity index (χ3n) is 5.60. The Morgan fingerprint density at radius 3 is 2.64 bits per heavy atom. The van der Waals surface area contributed by atoms with E-state index in [0.29, 0.717) is 32.6 Å². The number of carbonyl (C=O) groups is 1. The number of hydrogen-bond donors (Lipinski definition) is 1. The van der Waals surface area contributed by atoms with E-state index < -0.39 is 17.6 Å². The maximum absolute atomic E-state index is 13.7. The number of rotatable bonds is 6. The second-order valence-corrected chi connectivity index (χ2v) is 9.59. The van der Waals surface area contributed by atoms with E-state index in [9.17, 15) is 14.7 Å². The van der Waals surface area contributed by atoms with Gasteiger partial charge in [0.05, 0.1) is 41.7 Å². The molecule has 0 bridgehead atoms. The molecule has 3 aromatic rings. The fourth-order valence-corrected chi connectivity index (χ4v) is 5.51. The number of allylic oxidation sites excluding steroid dienone is 1. The van der Waals surface area contributed by atoms with E-state index in [1.807, 2.05) is 0 Å². The van der Waals surface area contributed by atoms with Crippen molar-refractivity contribution in [3.05, 3.63) is 82.5 Å². The van der Waals surface area contributed by atoms with Crippen LogP contribution in [0, 0.1) is 0 Å². The van der Waals surface area contributed by atoms with Crippen LogP contribution in [0.15, 0.2) is 51.4 Å². The summed E-state index contributed by atoms with van der Waals surface area (Å²) in [4.78, 5) is 31.7. The Morgan fingerprint density at radius 1 is 1.22 bits per heavy atom. The van der Waals surface area contributed by atoms with Gasteiger partial charge in [0.1, 0.15) is 23.3 Å². The Hall–Kier alpha value is -3.27. The number of benzene rings is 2. The molecule has 8 nitrogen and oxygen atoms in total. The predicted octanol–water partition coefficient (Wildman–Crippen LogP) is 3.83. The number of aromatic hydroxyl groups is 1. The molecule has 4 rings (SSSR count). The number of fused-ring (bicyclic) bond motifs is 1. The Kier molecular flexibility index (Phi) is 7.44. The lowest BCUT2D eigenvalue weighted by molar-refractivity contribution is -0.139. The standard InChI is InChI=1S/C25H22Cl2N2O6S/c1-5-35-24(32)20-12(2)28-25-29(21(20)16-7-6-15(33-3)11-18(16)34-4)23(31)19(36-25)9-13-8-14(26)10-17(27)22(13)30/h6-11,21,30H,5H2,1-4H3/b19-9-/t21-/m1/s1. The summed E-state index contributed by atoms with van der Waals surface area (Å²) in [6.07, 6.45) is 1.49. The predicted molar refractivity (Wildman–Crippen MR) is 138 cm³/mol. The largest absolute Gasteiger partial charge is 0.506 e. The first-order valence-electron chi connectivity index (χ1n) is 10.8. The number of nitrogens with zero attached hydrogens (tertiary/aromatic N) is 2. The van der Waals surface area contributed by atoms with Crippen LogP contribution in [0.3, 0.4) is 0 Å². The Balaban J connectivity index is 2.02. The molecule has 1 N–H and O–H groups in total. The SMILES string of the molecule is CCOC(=O)C1=C(C)N=c2s/c(=C\c3cc(Cl)cc(Cl)c3O)c(=O)n2[C@@H]1c1ccc(OC)cc1OC. The van der Waals surface area contributed by atoms with Crippen LogP contribution in [0.2, 0.25) is 10.0 Å². The maximum atomic E-state index is 13.7. The summed E-state index contributed by atoms with van der Waals surface area (Å²) in [6, 6.07) is 7.16. The molecule has 0 aliphatic carbocycles. The van der Waals surface area contributed by atoms with Crippen molar-refractivity contribution < 1.29 is 24.1 Å². The highest BCUT2D eigenvalue weighted by Crippen LogP contribution is 2.38. The van der Waals surface area contributed by atoms with Crippen molar-refractivity contribution in [1.29, 1.82) is 0 Å². The molecule has 0 spiro atoms. The van der Waals surface area contributed by atoms with E-state index in [2.05, 4.69) is 4.99 Å². The molecule has 1 atom stereocenters. The van der Waals surface area contributed by atoms with Crippen molar-refractivity contribution >= 4 is 46.6 Å². The number of phenols is 1. The first-order chi connectivity index (χ1) is 17.2. The van der Waals surface area contributed by atoms with Gasteiger partial charge in [-0.15, -0.1) is 0 Å². The minimum atomic E-state index is -0.875. The summed E-state index contributed by atoms with van der Waals surface area (Å²) in [5.74, 6) is 0.179. The molecule has 0 unspecified atom stereocenters. The first kappa shape index (κ1) is 25.8. The number of ether oxygens (including phenoxy) is 3. The quantitative estimate of drug-likeness (QED) is 0.470. The van der Waals surface area contributed by atoms with Crippen LogP contribution in [0.5, 0.6) is 17.2 Å². The lowest BCUT2D eigenvalue weighted by atomic mass is 9.95. The maximum Gasteiger partial charge on any atom is 0.338 e. The van der Waals surface area contributed by atoms with Crippen LogP contribution in [0.25, 0.3) is 6.08 Å². The normalized spacial score (nSPS) is 15.4. The molecular weight excluding hydrogens is 527 g/mol. The van der Waals surface area contributed by atoms with Gasteiger partial charge in [0.2, 0.25) is 0 Å². The second-order valence-electron chi connectivity index (χ2n) is 7.74. The minimum absolute atomic E-state index is 0.0582. The average Bonchev–Trinajstić information content (AvgIpc) is 3.15. The summed E-state index contributed by atoms with van der Waals surface area (Å²) in [6.45, 7) is 3.55. The van der Waals surface area contributed by atoms with Gasteiger partial charge in [-0.05, 0) is 44.2 Å². The lowest BCUT2D eigenvalue weighted by Crippen LogP contribution is -2.40. The summed E-state index contributed by atoms with van der Waals surface area (Å²) < 4.78 is 17.9. The van der Waals surface area contributed by atoms with Crippen molar-refractivity contribution in [2.24, 2.45) is 4.99 Å². The minimum Gasteiger partial charge on any atom is -0.506 e. The van der Waals surface area contributed by atoms with Crippen LogP contribution >= 0.6 is 34.5 Å². The molecule has 0 saturated heterocycles. The van der Waals surface area contributed by atoms with Gasteiger partial charge in [0.25, 0.3) is 5.56 Å². The molecule has 1 aliphatic rings. The van der Waals surface area contributed by atoms with Gasteiger partial charge >= 0.3 is 5.97 Å². The topological polar surface area (TPSA) is 99.4 Å². The Labute approximate surface area is 220 Å². The fraction of sp³-hybridized carbons (Fsp3) is 0.240. The van der Waals surface area contributed by atoms with Gasteiger partial charge in [-0.3, -0.25) is 9.36 Å². The van der Waals surface area contributed by atoms with E-state index >= 15 is 0 Å². The van der Waals surface area contributed by atoms with Crippen LogP contribution < -0.4 is 24.4 Å². The van der Waals surface area contributed by atoms with Gasteiger partial charge in [-0.25, -0.2) is 9.79 Å². The summed E-state index contributed by atoms with van der Waals surface area (Å²) in [7, 11) is 3.03. The lowest BCUT2D eigenvalue weighted by Gasteiger charge is -2.26. The first-order valence-corrected chi connectivity index (χ1v) is 12.4. The van der Waals surface area contributed by atoms with Crippen molar-refractivity contribution in [2.45, 2.75) is 19.9 Å². The molecule has 2 heterocycles. The number of thiazole rings is 1. The molecule has 0 radical (unpaired) electrons. The van der Waals surface area contributed by atoms with E-state index in [1.165, 1.54) is 37.0 Å². The van der Waals surface area contributed by atoms with Crippen molar-refractivity contribution in [3.8, 4) is 17.2 Å². The molecule has 2 aromatic carbocycles. The van der Waals surface area contributed by atoms with Gasteiger partial charge in [-0.1, -0.05) is 34.5 Å². The number of halogens is 2. The molecule has 36 heavy (non-hydrogen) atoms. The molecule has 188 valence electrons. The van der Waals surface area contributed by atoms with Crippen molar-refractivity contribution in [1.82, 2.24) is 4.57 Å². The average molecular weight is 549 g/mol. The van der Waals surface area contributed by atoms with Crippen LogP contribution in [-0.4, -0.2) is 36.5 Å². The zero-order chi connectivity index (χ0) is 26.1. The van der Waals surface area contributed by atoms with E-state index in [0.717, 1.165) is 11.3 Å². The zero-order valence-corrected chi connectivity index (χ0v) is 22.1. The van der Waals surface area contributed by atoms with Crippen molar-refractivity contribution in [3.63, 3.8) is 0 Å². The highest BCUT2D eigenvalue weighted by Gasteiger charge is 2.35. The molecule has 11 heteroatoms. The number of esters is 1. The third kappa shape index (κ3) is 4.61. The van der Waals surface area contributed by atoms with Crippen molar-refractivity contribution in [2.75, 3.05) is 20.8 Å². The van der Waals surface area contributed by atoms with Gasteiger partial charge in [-0.2, -0.15) is 0 Å². The number of phenolic OH excluding ortho intramolecular Hbond substituents is 1. The molecule has 1 aromatic heterocycles. The summed E-state index contributed by atoms with van der Waals surface area (Å²) >= 11 is 13.3. The van der Waals surface area contributed by atoms with Crippen LogP contribution in [0.4, 0.5) is 0 Å². The Morgan fingerprint density at radius 2 is 1.97 bits per heavy atom. The third-order valence-corrected chi connectivity index (χ3v) is 7.09. The summed E-state index contributed by atoms with van der Waals surface area (Å²) in [5, 5.41) is 10.8. The van der Waals surface area contributed by atoms with E-state index in [4.69, 9.17) is 37.4 Å². The van der Waals surface area contributed by atoms with E-state index in [-0.39, 0.29) is 33.0 Å². The van der Waals surface area contributed by atoms with Gasteiger partial charge in [0, 0.05) is 22.2 Å². The van der Waals surface area contributed by atoms with E-state index in [1.54, 1.807) is 32.0 Å². The highest BCUT2D eigenvalue weighted by molar-refractivity contribution is 7.07. The second kappa shape index (κ2) is 10.4. The van der Waals surface area contributed by atoms with Gasteiger partial charge in [0.15, 0.2) is 4.80 Å². The van der Waals surface area contributed by atoms with Gasteiger partial charge < -0.3 is 19.3 Å².